The molecule has 0 spiro atoms. The van der Waals surface area contributed by atoms with Crippen molar-refractivity contribution in [1.82, 2.24) is 10.2 Å². The van der Waals surface area contributed by atoms with Gasteiger partial charge in [-0.05, 0) is 25.2 Å². The number of piperazine rings is 1. The molecule has 94 valence electrons. The lowest BCUT2D eigenvalue weighted by molar-refractivity contribution is -0.134. The number of nitrogens with zero attached hydrogens (tertiary/aromatic N) is 1. The van der Waals surface area contributed by atoms with Crippen molar-refractivity contribution in [3.8, 4) is 0 Å². The number of carbonyl (C=O) groups is 1. The fourth-order valence-corrected chi connectivity index (χ4v) is 2.54. The summed E-state index contributed by atoms with van der Waals surface area (Å²) in [5, 5.41) is 3.37. The van der Waals surface area contributed by atoms with Gasteiger partial charge in [-0.1, -0.05) is 13.8 Å². The molecule has 1 heterocycles. The minimum absolute atomic E-state index is 0. The summed E-state index contributed by atoms with van der Waals surface area (Å²) in [5.41, 5.74) is 0.311. The van der Waals surface area contributed by atoms with Gasteiger partial charge in [0.15, 0.2) is 0 Å². The number of halogens is 1. The molecule has 0 aromatic heterocycles. The van der Waals surface area contributed by atoms with Crippen LogP contribution in [0, 0.1) is 11.3 Å². The second-order valence-electron chi connectivity index (χ2n) is 5.40. The van der Waals surface area contributed by atoms with E-state index in [9.17, 15) is 4.79 Å². The number of hydrogen-bond donors (Lipinski definition) is 1. The van der Waals surface area contributed by atoms with E-state index in [1.165, 1.54) is 0 Å². The molecule has 1 amide bonds. The third-order valence-corrected chi connectivity index (χ3v) is 4.14. The Hall–Kier alpha value is -0.280. The third kappa shape index (κ3) is 2.51. The van der Waals surface area contributed by atoms with Crippen LogP contribution in [0.15, 0.2) is 0 Å². The maximum Gasteiger partial charge on any atom is 0.226 e. The minimum atomic E-state index is 0. The zero-order valence-electron chi connectivity index (χ0n) is 10.5. The Morgan fingerprint density at radius 3 is 2.75 bits per heavy atom. The largest absolute Gasteiger partial charge is 0.340 e. The van der Waals surface area contributed by atoms with Crippen molar-refractivity contribution in [1.29, 1.82) is 0 Å². The van der Waals surface area contributed by atoms with E-state index in [2.05, 4.69) is 26.1 Å². The van der Waals surface area contributed by atoms with Crippen molar-refractivity contribution < 1.29 is 4.79 Å². The Labute approximate surface area is 104 Å². The van der Waals surface area contributed by atoms with E-state index in [1.54, 1.807) is 0 Å². The van der Waals surface area contributed by atoms with E-state index in [-0.39, 0.29) is 12.4 Å². The average Bonchev–Trinajstić information content (AvgIpc) is 2.91. The highest BCUT2D eigenvalue weighted by atomic mass is 35.5. The molecule has 1 aliphatic heterocycles. The van der Waals surface area contributed by atoms with E-state index < -0.39 is 0 Å². The summed E-state index contributed by atoms with van der Waals surface area (Å²) in [5.74, 6) is 0.709. The molecule has 3 atom stereocenters. The first kappa shape index (κ1) is 13.8. The molecule has 2 unspecified atom stereocenters. The highest BCUT2D eigenvalue weighted by Crippen LogP contribution is 2.55. The van der Waals surface area contributed by atoms with E-state index in [0.717, 1.165) is 32.5 Å². The molecule has 2 fully saturated rings. The Kier molecular flexibility index (Phi) is 4.24. The highest BCUT2D eigenvalue weighted by molar-refractivity contribution is 5.85. The lowest BCUT2D eigenvalue weighted by atomic mass is 10.0. The van der Waals surface area contributed by atoms with Crippen LogP contribution in [0.1, 0.15) is 33.6 Å². The molecule has 1 saturated carbocycles. The zero-order valence-corrected chi connectivity index (χ0v) is 11.3. The molecule has 1 saturated heterocycles. The van der Waals surface area contributed by atoms with Gasteiger partial charge in [-0.25, -0.2) is 0 Å². The monoisotopic (exact) mass is 246 g/mol. The van der Waals surface area contributed by atoms with Crippen molar-refractivity contribution in [2.75, 3.05) is 19.6 Å². The Bertz CT molecular complexity index is 272. The lowest BCUT2D eigenvalue weighted by Gasteiger charge is -2.32. The Balaban J connectivity index is 0.00000128. The number of carbonyl (C=O) groups excluding carboxylic acids is 1. The molecular formula is C12H23ClN2O. The predicted molar refractivity (Wildman–Crippen MR) is 67.8 cm³/mol. The van der Waals surface area contributed by atoms with Crippen molar-refractivity contribution in [2.24, 2.45) is 11.3 Å². The van der Waals surface area contributed by atoms with Gasteiger partial charge in [0.25, 0.3) is 0 Å². The van der Waals surface area contributed by atoms with Gasteiger partial charge in [-0.15, -0.1) is 12.4 Å². The summed E-state index contributed by atoms with van der Waals surface area (Å²) in [6.45, 7) is 9.29. The third-order valence-electron chi connectivity index (χ3n) is 4.14. The van der Waals surface area contributed by atoms with E-state index in [0.29, 0.717) is 23.3 Å². The summed E-state index contributed by atoms with van der Waals surface area (Å²) in [6, 6.07) is 0.453. The molecule has 2 aliphatic rings. The smallest absolute Gasteiger partial charge is 0.226 e. The number of rotatable bonds is 2. The summed E-state index contributed by atoms with van der Waals surface area (Å²) < 4.78 is 0. The first-order chi connectivity index (χ1) is 7.07. The highest BCUT2D eigenvalue weighted by Gasteiger charge is 2.54. The molecule has 1 N–H and O–H groups in total. The second kappa shape index (κ2) is 4.92. The second-order valence-corrected chi connectivity index (χ2v) is 5.40. The topological polar surface area (TPSA) is 32.3 Å². The van der Waals surface area contributed by atoms with Gasteiger partial charge in [0.2, 0.25) is 5.91 Å². The predicted octanol–water partition coefficient (Wildman–Crippen LogP) is 1.66. The first-order valence-corrected chi connectivity index (χ1v) is 6.09. The molecule has 0 aromatic rings. The van der Waals surface area contributed by atoms with E-state index in [1.807, 2.05) is 4.90 Å². The van der Waals surface area contributed by atoms with Crippen LogP contribution in [-0.4, -0.2) is 36.5 Å². The molecule has 1 aliphatic carbocycles. The van der Waals surface area contributed by atoms with Crippen LogP contribution in [0.25, 0.3) is 0 Å². The summed E-state index contributed by atoms with van der Waals surface area (Å²) >= 11 is 0. The van der Waals surface area contributed by atoms with Gasteiger partial charge in [0, 0.05) is 31.6 Å². The van der Waals surface area contributed by atoms with Crippen molar-refractivity contribution in [3.63, 3.8) is 0 Å². The molecule has 0 aromatic carbocycles. The SMILES string of the molecule is CCC1(C)CC1C(=O)N1CCN[C@H](C)C1.Cl. The number of amides is 1. The minimum Gasteiger partial charge on any atom is -0.340 e. The summed E-state index contributed by atoms with van der Waals surface area (Å²) in [6.07, 6.45) is 2.23. The van der Waals surface area contributed by atoms with Crippen LogP contribution in [0.3, 0.4) is 0 Å². The molecular weight excluding hydrogens is 224 g/mol. The quantitative estimate of drug-likeness (QED) is 0.804. The van der Waals surface area contributed by atoms with Crippen molar-refractivity contribution in [2.45, 2.75) is 39.7 Å². The molecule has 0 radical (unpaired) electrons. The van der Waals surface area contributed by atoms with E-state index >= 15 is 0 Å². The molecule has 4 heteroatoms. The van der Waals surface area contributed by atoms with Gasteiger partial charge in [-0.2, -0.15) is 0 Å². The van der Waals surface area contributed by atoms with Gasteiger partial charge in [0.1, 0.15) is 0 Å². The van der Waals surface area contributed by atoms with Gasteiger partial charge < -0.3 is 10.2 Å². The maximum atomic E-state index is 12.2. The van der Waals surface area contributed by atoms with Crippen LogP contribution >= 0.6 is 12.4 Å². The van der Waals surface area contributed by atoms with Gasteiger partial charge >= 0.3 is 0 Å². The molecule has 16 heavy (non-hydrogen) atoms. The average molecular weight is 247 g/mol. The Morgan fingerprint density at radius 1 is 1.56 bits per heavy atom. The van der Waals surface area contributed by atoms with Gasteiger partial charge in [-0.3, -0.25) is 4.79 Å². The standard InChI is InChI=1S/C12H22N2O.ClH/c1-4-12(3)7-10(12)11(15)14-6-5-13-9(2)8-14;/h9-10,13H,4-8H2,1-3H3;1H/t9-,10?,12?;/m1./s1. The molecule has 0 bridgehead atoms. The van der Waals surface area contributed by atoms with Crippen LogP contribution in [0.5, 0.6) is 0 Å². The normalized spacial score (nSPS) is 37.8. The fourth-order valence-electron chi connectivity index (χ4n) is 2.54. The van der Waals surface area contributed by atoms with Gasteiger partial charge in [0.05, 0.1) is 0 Å². The van der Waals surface area contributed by atoms with Crippen LogP contribution in [0.2, 0.25) is 0 Å². The van der Waals surface area contributed by atoms with Crippen LogP contribution in [-0.2, 0) is 4.79 Å². The lowest BCUT2D eigenvalue weighted by Crippen LogP contribution is -2.52. The number of hydrogen-bond acceptors (Lipinski definition) is 2. The fraction of sp³-hybridized carbons (Fsp3) is 0.917. The Morgan fingerprint density at radius 2 is 2.25 bits per heavy atom. The summed E-state index contributed by atoms with van der Waals surface area (Å²) in [7, 11) is 0. The maximum absolute atomic E-state index is 12.2. The zero-order chi connectivity index (χ0) is 11.1. The molecule has 3 nitrogen and oxygen atoms in total. The number of nitrogens with one attached hydrogen (secondary N) is 1. The van der Waals surface area contributed by atoms with Crippen LogP contribution < -0.4 is 5.32 Å². The van der Waals surface area contributed by atoms with Crippen LogP contribution in [0.4, 0.5) is 0 Å². The summed E-state index contributed by atoms with van der Waals surface area (Å²) in [4.78, 5) is 14.2. The molecule has 2 rings (SSSR count). The van der Waals surface area contributed by atoms with Crippen molar-refractivity contribution in [3.05, 3.63) is 0 Å². The van der Waals surface area contributed by atoms with Crippen molar-refractivity contribution >= 4 is 18.3 Å². The first-order valence-electron chi connectivity index (χ1n) is 6.09. The van der Waals surface area contributed by atoms with E-state index in [4.69, 9.17) is 0 Å².